The van der Waals surface area contributed by atoms with Gasteiger partial charge in [-0.25, -0.2) is 4.98 Å². The van der Waals surface area contributed by atoms with E-state index in [-0.39, 0.29) is 0 Å². The van der Waals surface area contributed by atoms with Crippen LogP contribution in [-0.4, -0.2) is 64.6 Å². The molecule has 0 aromatic carbocycles. The van der Waals surface area contributed by atoms with Crippen LogP contribution in [0.3, 0.4) is 0 Å². The molecule has 3 aliphatic rings. The lowest BCUT2D eigenvalue weighted by Crippen LogP contribution is -2.32. The number of pyridine rings is 1. The molecule has 2 atom stereocenters. The molecule has 5 rings (SSSR count). The molecule has 1 fully saturated rings. The molecule has 0 amide bonds. The van der Waals surface area contributed by atoms with Crippen molar-refractivity contribution in [1.29, 1.82) is 0 Å². The number of aromatic nitrogens is 3. The Morgan fingerprint density at radius 2 is 1.97 bits per heavy atom. The first-order valence-electron chi connectivity index (χ1n) is 14.6. The molecule has 1 aliphatic carbocycles. The molecular weight excluding hydrogens is 458 g/mol. The zero-order valence-electron chi connectivity index (χ0n) is 23.7. The lowest BCUT2D eigenvalue weighted by Gasteiger charge is -2.32. The van der Waals surface area contributed by atoms with Gasteiger partial charge >= 0.3 is 0 Å². The van der Waals surface area contributed by atoms with Crippen molar-refractivity contribution in [2.45, 2.75) is 90.5 Å². The van der Waals surface area contributed by atoms with Crippen LogP contribution in [0.25, 0.3) is 0 Å². The highest BCUT2D eigenvalue weighted by atomic mass is 15.3. The van der Waals surface area contributed by atoms with Crippen molar-refractivity contribution in [1.82, 2.24) is 35.0 Å². The Morgan fingerprint density at radius 3 is 2.70 bits per heavy atom. The number of imidazole rings is 1. The minimum absolute atomic E-state index is 0.301. The minimum Gasteiger partial charge on any atom is -0.320 e. The van der Waals surface area contributed by atoms with Gasteiger partial charge in [0.15, 0.2) is 0 Å². The average Bonchev–Trinajstić information content (AvgIpc) is 3.49. The summed E-state index contributed by atoms with van der Waals surface area (Å²) in [7, 11) is 4.23. The lowest BCUT2D eigenvalue weighted by atomic mass is 9.91. The van der Waals surface area contributed by atoms with E-state index < -0.39 is 0 Å². The Labute approximate surface area is 224 Å². The highest BCUT2D eigenvalue weighted by Gasteiger charge is 2.29. The topological polar surface area (TPSA) is 61.3 Å². The second kappa shape index (κ2) is 14.2. The Kier molecular flexibility index (Phi) is 10.7. The van der Waals surface area contributed by atoms with E-state index in [0.29, 0.717) is 12.2 Å². The van der Waals surface area contributed by atoms with E-state index in [2.05, 4.69) is 70.2 Å². The highest BCUT2D eigenvalue weighted by Crippen LogP contribution is 2.34. The molecule has 4 heterocycles. The van der Waals surface area contributed by atoms with Gasteiger partial charge in [-0.3, -0.25) is 20.1 Å². The Bertz CT molecular complexity index is 990. The molecule has 0 radical (unpaired) electrons. The maximum atomic E-state index is 5.26. The number of nitrogens with zero attached hydrogens (tertiary/aromatic N) is 5. The summed E-state index contributed by atoms with van der Waals surface area (Å²) in [5.41, 5.74) is 5.37. The molecule has 2 aromatic rings. The predicted octanol–water partition coefficient (Wildman–Crippen LogP) is 4.61. The van der Waals surface area contributed by atoms with Crippen LogP contribution in [0.4, 0.5) is 0 Å². The van der Waals surface area contributed by atoms with Crippen LogP contribution in [-0.2, 0) is 25.9 Å². The summed E-state index contributed by atoms with van der Waals surface area (Å²) in [5.74, 6) is 1.21. The third kappa shape index (κ3) is 7.08. The number of rotatable bonds is 9. The Balaban J connectivity index is 0.000000586. The third-order valence-electron chi connectivity index (χ3n) is 7.91. The van der Waals surface area contributed by atoms with Gasteiger partial charge in [0.1, 0.15) is 5.82 Å². The van der Waals surface area contributed by atoms with Gasteiger partial charge in [0, 0.05) is 25.7 Å². The van der Waals surface area contributed by atoms with Gasteiger partial charge in [-0.1, -0.05) is 32.1 Å². The predicted molar refractivity (Wildman–Crippen MR) is 153 cm³/mol. The fraction of sp³-hybridized carbons (Fsp3) is 0.667. The first-order chi connectivity index (χ1) is 18.2. The molecule has 2 N–H and O–H groups in total. The lowest BCUT2D eigenvalue weighted by molar-refractivity contribution is 0.204. The zero-order valence-corrected chi connectivity index (χ0v) is 23.7. The second-order valence-corrected chi connectivity index (χ2v) is 10.7. The fourth-order valence-corrected chi connectivity index (χ4v) is 6.07. The van der Waals surface area contributed by atoms with Crippen LogP contribution in [0.1, 0.15) is 93.0 Å². The molecule has 7 nitrogen and oxygen atoms in total. The van der Waals surface area contributed by atoms with Gasteiger partial charge in [0.2, 0.25) is 0 Å². The molecule has 204 valence electrons. The van der Waals surface area contributed by atoms with Crippen LogP contribution >= 0.6 is 0 Å². The number of fused-ring (bicyclic) bond motifs is 2. The van der Waals surface area contributed by atoms with Gasteiger partial charge in [0.25, 0.3) is 0 Å². The monoisotopic (exact) mass is 507 g/mol. The summed E-state index contributed by atoms with van der Waals surface area (Å²) in [6.45, 7) is 10.8. The number of aryl methyl sites for hydroxylation is 1. The van der Waals surface area contributed by atoms with E-state index >= 15 is 0 Å². The van der Waals surface area contributed by atoms with Crippen LogP contribution in [0, 0.1) is 0 Å². The van der Waals surface area contributed by atoms with Crippen LogP contribution < -0.4 is 10.6 Å². The van der Waals surface area contributed by atoms with E-state index in [0.717, 1.165) is 45.4 Å². The number of nitrogens with one attached hydrogen (secondary N) is 2. The van der Waals surface area contributed by atoms with Crippen molar-refractivity contribution in [3.05, 3.63) is 59.0 Å². The summed E-state index contributed by atoms with van der Waals surface area (Å²) in [4.78, 5) is 15.2. The maximum Gasteiger partial charge on any atom is 0.114 e. The van der Waals surface area contributed by atoms with Crippen molar-refractivity contribution in [3.8, 4) is 0 Å². The van der Waals surface area contributed by atoms with Crippen molar-refractivity contribution < 1.29 is 0 Å². The van der Waals surface area contributed by atoms with E-state index in [4.69, 9.17) is 9.97 Å². The van der Waals surface area contributed by atoms with Crippen molar-refractivity contribution in [3.63, 3.8) is 0 Å². The van der Waals surface area contributed by atoms with Crippen molar-refractivity contribution in [2.75, 3.05) is 40.3 Å². The minimum atomic E-state index is 0.301. The van der Waals surface area contributed by atoms with Gasteiger partial charge in [-0.15, -0.1) is 0 Å². The molecule has 2 aliphatic heterocycles. The summed E-state index contributed by atoms with van der Waals surface area (Å²) in [5, 5.41) is 6.74. The van der Waals surface area contributed by atoms with Crippen molar-refractivity contribution >= 4 is 0 Å². The fourth-order valence-electron chi connectivity index (χ4n) is 6.07. The molecular formula is C30H49N7. The quantitative estimate of drug-likeness (QED) is 0.484. The van der Waals surface area contributed by atoms with Gasteiger partial charge in [-0.05, 0) is 96.8 Å². The first-order valence-corrected chi connectivity index (χ1v) is 14.6. The largest absolute Gasteiger partial charge is 0.320 e. The van der Waals surface area contributed by atoms with Crippen LogP contribution in [0.5, 0.6) is 0 Å². The number of likely N-dealkylation sites (tertiary alicyclic amines) is 1. The molecule has 0 bridgehead atoms. The normalized spacial score (nSPS) is 21.3. The van der Waals surface area contributed by atoms with Gasteiger partial charge in [-0.2, -0.15) is 0 Å². The molecule has 37 heavy (non-hydrogen) atoms. The van der Waals surface area contributed by atoms with Crippen LogP contribution in [0.2, 0.25) is 0 Å². The number of hydrogen-bond donors (Lipinski definition) is 2. The summed E-state index contributed by atoms with van der Waals surface area (Å²) in [6.07, 6.45) is 16.3. The zero-order chi connectivity index (χ0) is 26.0. The number of hydrogen-bond acceptors (Lipinski definition) is 6. The molecule has 7 heteroatoms. The summed E-state index contributed by atoms with van der Waals surface area (Å²) < 4.78 is 2.54. The number of allylic oxidation sites excluding steroid dienone is 1. The average molecular weight is 508 g/mol. The molecule has 1 saturated heterocycles. The SMILES string of the molecule is CCCNC.CCNC1CC=CCc2nc(CN(C)[C@H]3CCCc4cccnc43)c(CN3CCCC3)n21. The summed E-state index contributed by atoms with van der Waals surface area (Å²) in [6, 6.07) is 4.72. The highest BCUT2D eigenvalue weighted by molar-refractivity contribution is 5.27. The molecule has 1 unspecified atom stereocenters. The van der Waals surface area contributed by atoms with E-state index in [1.54, 1.807) is 0 Å². The molecule has 0 spiro atoms. The van der Waals surface area contributed by atoms with E-state index in [9.17, 15) is 0 Å². The van der Waals surface area contributed by atoms with Gasteiger partial charge in [0.05, 0.1) is 29.3 Å². The smallest absolute Gasteiger partial charge is 0.114 e. The molecule has 2 aromatic heterocycles. The van der Waals surface area contributed by atoms with Gasteiger partial charge < -0.3 is 9.88 Å². The van der Waals surface area contributed by atoms with Crippen LogP contribution in [0.15, 0.2) is 30.5 Å². The molecule has 0 saturated carbocycles. The first kappa shape index (κ1) is 28.0. The Hall–Kier alpha value is -2.06. The third-order valence-corrected chi connectivity index (χ3v) is 7.91. The van der Waals surface area contributed by atoms with E-state index in [1.807, 2.05) is 13.2 Å². The Morgan fingerprint density at radius 1 is 1.14 bits per heavy atom. The second-order valence-electron chi connectivity index (χ2n) is 10.7. The van der Waals surface area contributed by atoms with E-state index in [1.165, 1.54) is 73.7 Å². The standard InChI is InChI=1S/C26H38N6.C4H11N/c1-3-27-24-13-4-5-14-25-29-21(23(32(24)25)19-31-16-6-7-17-31)18-30(2)22-12-8-10-20-11-9-15-28-26(20)22;1-3-4-5-2/h4-5,9,11,15,22,24,27H,3,6-8,10,12-14,16-19H2,1-2H3;5H,3-4H2,1-2H3/t22-,24?;/m0./s1. The maximum absolute atomic E-state index is 5.26. The summed E-state index contributed by atoms with van der Waals surface area (Å²) >= 11 is 0. The van der Waals surface area contributed by atoms with Crippen molar-refractivity contribution in [2.24, 2.45) is 0 Å².